The summed E-state index contributed by atoms with van der Waals surface area (Å²) in [5.41, 5.74) is 0.941. The van der Waals surface area contributed by atoms with E-state index in [0.717, 1.165) is 25.6 Å². The van der Waals surface area contributed by atoms with Crippen molar-refractivity contribution < 1.29 is 17.9 Å². The number of aromatic amines is 1. The molecule has 174 valence electrons. The molecule has 4 heterocycles. The maximum absolute atomic E-state index is 14.7. The Kier molecular flexibility index (Phi) is 5.27. The number of alkyl halides is 2. The first-order valence-electron chi connectivity index (χ1n) is 10.8. The number of aryl methyl sites for hydroxylation is 1. The lowest BCUT2D eigenvalue weighted by Crippen LogP contribution is -2.45. The van der Waals surface area contributed by atoms with Gasteiger partial charge in [-0.1, -0.05) is 18.2 Å². The van der Waals surface area contributed by atoms with Crippen molar-refractivity contribution in [3.8, 4) is 0 Å². The van der Waals surface area contributed by atoms with Crippen LogP contribution < -0.4 is 15.8 Å². The van der Waals surface area contributed by atoms with E-state index in [2.05, 4.69) is 25.4 Å². The van der Waals surface area contributed by atoms with Crippen molar-refractivity contribution in [3.05, 3.63) is 57.3 Å². The number of fused-ring (bicyclic) bond motifs is 1. The molecular formula is C23H24F3N5O2. The van der Waals surface area contributed by atoms with Gasteiger partial charge in [0, 0.05) is 29.5 Å². The van der Waals surface area contributed by atoms with Crippen LogP contribution in [0, 0.1) is 18.2 Å². The quantitative estimate of drug-likeness (QED) is 0.598. The molecule has 7 nitrogen and oxygen atoms in total. The summed E-state index contributed by atoms with van der Waals surface area (Å²) >= 11 is 0. The van der Waals surface area contributed by atoms with Crippen molar-refractivity contribution in [1.29, 1.82) is 0 Å². The molecule has 0 unspecified atom stereocenters. The number of aromatic nitrogens is 3. The summed E-state index contributed by atoms with van der Waals surface area (Å²) in [5, 5.41) is 12.0. The van der Waals surface area contributed by atoms with Gasteiger partial charge in [0.05, 0.1) is 36.0 Å². The molecule has 2 aliphatic heterocycles. The van der Waals surface area contributed by atoms with Gasteiger partial charge in [-0.3, -0.25) is 4.79 Å². The van der Waals surface area contributed by atoms with E-state index >= 15 is 0 Å². The van der Waals surface area contributed by atoms with Crippen molar-refractivity contribution in [3.63, 3.8) is 0 Å². The third-order valence-electron chi connectivity index (χ3n) is 6.65. The van der Waals surface area contributed by atoms with E-state index in [0.29, 0.717) is 41.3 Å². The van der Waals surface area contributed by atoms with Gasteiger partial charge in [-0.15, -0.1) is 5.10 Å². The summed E-state index contributed by atoms with van der Waals surface area (Å²) in [4.78, 5) is 17.8. The summed E-state index contributed by atoms with van der Waals surface area (Å²) in [6, 6.07) is 5.04. The second-order valence-electron chi connectivity index (χ2n) is 8.99. The lowest BCUT2D eigenvalue weighted by Gasteiger charge is -2.37. The molecule has 0 saturated carbocycles. The van der Waals surface area contributed by atoms with Crippen LogP contribution in [0.25, 0.3) is 10.9 Å². The number of halogens is 3. The van der Waals surface area contributed by atoms with E-state index in [1.165, 1.54) is 12.1 Å². The Morgan fingerprint density at radius 2 is 2.00 bits per heavy atom. The van der Waals surface area contributed by atoms with Crippen molar-refractivity contribution in [2.75, 3.05) is 36.5 Å². The van der Waals surface area contributed by atoms with Crippen LogP contribution in [0.5, 0.6) is 0 Å². The van der Waals surface area contributed by atoms with Crippen molar-refractivity contribution in [2.45, 2.75) is 32.7 Å². The number of H-pyrrole nitrogens is 1. The smallest absolute Gasteiger partial charge is 0.272 e. The molecule has 2 aliphatic rings. The summed E-state index contributed by atoms with van der Waals surface area (Å²) in [5.74, 6) is -0.612. The first kappa shape index (κ1) is 21.7. The molecule has 1 atom stereocenters. The minimum absolute atomic E-state index is 0.0967. The Hall–Kier alpha value is -3.14. The van der Waals surface area contributed by atoms with Gasteiger partial charge in [-0.05, 0) is 26.3 Å². The number of hydrogen-bond donors (Lipinski definition) is 2. The van der Waals surface area contributed by atoms with Gasteiger partial charge < -0.3 is 19.9 Å². The number of benzene rings is 1. The van der Waals surface area contributed by atoms with Crippen LogP contribution in [0.3, 0.4) is 0 Å². The molecule has 1 spiro atoms. The fraction of sp³-hybridized carbons (Fsp3) is 0.435. The summed E-state index contributed by atoms with van der Waals surface area (Å²) in [6.07, 6.45) is -1.95. The third kappa shape index (κ3) is 3.72. The van der Waals surface area contributed by atoms with Gasteiger partial charge >= 0.3 is 0 Å². The molecule has 1 aromatic carbocycles. The maximum atomic E-state index is 14.7. The predicted molar refractivity (Wildman–Crippen MR) is 118 cm³/mol. The molecule has 2 N–H and O–H groups in total. The largest absolute Gasteiger partial charge is 0.380 e. The van der Waals surface area contributed by atoms with E-state index in [1.54, 1.807) is 19.9 Å². The summed E-state index contributed by atoms with van der Waals surface area (Å²) in [7, 11) is 0. The van der Waals surface area contributed by atoms with Gasteiger partial charge in [-0.25, -0.2) is 13.2 Å². The highest BCUT2D eigenvalue weighted by molar-refractivity contribution is 5.92. The number of ether oxygens (including phenoxy) is 1. The Bertz CT molecular complexity index is 1270. The van der Waals surface area contributed by atoms with Crippen molar-refractivity contribution >= 4 is 22.4 Å². The van der Waals surface area contributed by atoms with Crippen LogP contribution in [-0.2, 0) is 4.74 Å². The number of anilines is 2. The topological polar surface area (TPSA) is 83.1 Å². The van der Waals surface area contributed by atoms with Crippen LogP contribution in [0.4, 0.5) is 24.7 Å². The first-order chi connectivity index (χ1) is 15.8. The zero-order valence-electron chi connectivity index (χ0n) is 18.3. The number of pyridine rings is 1. The normalized spacial score (nSPS) is 18.2. The zero-order valence-corrected chi connectivity index (χ0v) is 18.3. The third-order valence-corrected chi connectivity index (χ3v) is 6.65. The molecule has 0 aliphatic carbocycles. The minimum atomic E-state index is -2.91. The highest BCUT2D eigenvalue weighted by atomic mass is 19.3. The lowest BCUT2D eigenvalue weighted by molar-refractivity contribution is -0.0985. The molecular weight excluding hydrogens is 435 g/mol. The Labute approximate surface area is 188 Å². The van der Waals surface area contributed by atoms with Gasteiger partial charge in [0.15, 0.2) is 5.82 Å². The molecule has 5 rings (SSSR count). The Morgan fingerprint density at radius 3 is 2.67 bits per heavy atom. The molecule has 0 radical (unpaired) electrons. The highest BCUT2D eigenvalue weighted by Crippen LogP contribution is 2.39. The van der Waals surface area contributed by atoms with E-state index in [9.17, 15) is 18.0 Å². The molecule has 2 saturated heterocycles. The molecule has 0 bridgehead atoms. The first-order valence-corrected chi connectivity index (χ1v) is 10.8. The fourth-order valence-corrected chi connectivity index (χ4v) is 4.68. The van der Waals surface area contributed by atoms with Gasteiger partial charge in [0.25, 0.3) is 12.0 Å². The number of nitrogens with one attached hydrogen (secondary N) is 2. The van der Waals surface area contributed by atoms with Crippen LogP contribution >= 0.6 is 0 Å². The van der Waals surface area contributed by atoms with E-state index in [-0.39, 0.29) is 16.5 Å². The SMILES string of the molecule is Cc1nnc(N[C@H](C)c2cccc(C(F)F)c2F)c2cc(N3CCC4(COC4)C3)c(=O)[nH]c12. The second-order valence-corrected chi connectivity index (χ2v) is 8.99. The average molecular weight is 459 g/mol. The second kappa shape index (κ2) is 8.02. The van der Waals surface area contributed by atoms with Crippen molar-refractivity contribution in [2.24, 2.45) is 5.41 Å². The number of rotatable bonds is 5. The molecule has 10 heteroatoms. The van der Waals surface area contributed by atoms with E-state index in [4.69, 9.17) is 4.74 Å². The lowest BCUT2D eigenvalue weighted by atomic mass is 9.85. The zero-order chi connectivity index (χ0) is 23.3. The fourth-order valence-electron chi connectivity index (χ4n) is 4.68. The molecule has 2 fully saturated rings. The number of hydrogen-bond acceptors (Lipinski definition) is 6. The summed E-state index contributed by atoms with van der Waals surface area (Å²) in [6.45, 7) is 6.29. The van der Waals surface area contributed by atoms with Gasteiger partial charge in [0.1, 0.15) is 11.5 Å². The number of nitrogens with zero attached hydrogens (tertiary/aromatic N) is 3. The minimum Gasteiger partial charge on any atom is -0.380 e. The molecule has 3 aromatic rings. The highest BCUT2D eigenvalue weighted by Gasteiger charge is 2.45. The van der Waals surface area contributed by atoms with Crippen LogP contribution in [0.2, 0.25) is 0 Å². The standard InChI is InChI=1S/C23H24F3N5O2/c1-12(14-4-3-5-15(18(14)24)20(25)26)27-21-16-8-17(22(32)28-19(16)13(2)29-30-21)31-7-6-23(9-31)10-33-11-23/h3-5,8,12,20H,6-7,9-11H2,1-2H3,(H,27,30)(H,28,32)/t12-/m1/s1. The van der Waals surface area contributed by atoms with E-state index in [1.807, 2.05) is 0 Å². The van der Waals surface area contributed by atoms with Crippen LogP contribution in [-0.4, -0.2) is 41.5 Å². The molecule has 33 heavy (non-hydrogen) atoms. The molecule has 0 amide bonds. The average Bonchev–Trinajstić information content (AvgIpc) is 3.22. The van der Waals surface area contributed by atoms with Gasteiger partial charge in [0.2, 0.25) is 0 Å². The Morgan fingerprint density at radius 1 is 1.24 bits per heavy atom. The van der Waals surface area contributed by atoms with E-state index < -0.39 is 23.8 Å². The Balaban J connectivity index is 1.52. The monoisotopic (exact) mass is 459 g/mol. The van der Waals surface area contributed by atoms with Gasteiger partial charge in [-0.2, -0.15) is 5.10 Å². The predicted octanol–water partition coefficient (Wildman–Crippen LogP) is 4.10. The summed E-state index contributed by atoms with van der Waals surface area (Å²) < 4.78 is 46.3. The van der Waals surface area contributed by atoms with Crippen LogP contribution in [0.15, 0.2) is 29.1 Å². The molecule has 2 aromatic heterocycles. The van der Waals surface area contributed by atoms with Crippen molar-refractivity contribution in [1.82, 2.24) is 15.2 Å². The maximum Gasteiger partial charge on any atom is 0.272 e. The van der Waals surface area contributed by atoms with Crippen LogP contribution in [0.1, 0.15) is 42.6 Å².